The van der Waals surface area contributed by atoms with Crippen LogP contribution in [0.4, 0.5) is 5.00 Å². The Hall–Kier alpha value is -2.44. The molecule has 0 fully saturated rings. The number of hydrogen-bond acceptors (Lipinski definition) is 5. The van der Waals surface area contributed by atoms with Crippen molar-refractivity contribution < 1.29 is 9.21 Å². The molecule has 3 aromatic heterocycles. The van der Waals surface area contributed by atoms with E-state index in [0.717, 1.165) is 18.1 Å². The Labute approximate surface area is 150 Å². The zero-order chi connectivity index (χ0) is 17.4. The Morgan fingerprint density at radius 3 is 2.80 bits per heavy atom. The van der Waals surface area contributed by atoms with Crippen molar-refractivity contribution in [1.29, 1.82) is 0 Å². The van der Waals surface area contributed by atoms with Gasteiger partial charge in [0.15, 0.2) is 5.76 Å². The SMILES string of the molecule is Cc1sc2c(c1C)CN(Cc1ccncc1)CN2C(=O)c1ccco1. The summed E-state index contributed by atoms with van der Waals surface area (Å²) in [6.45, 7) is 6.42. The lowest BCUT2D eigenvalue weighted by atomic mass is 10.1. The summed E-state index contributed by atoms with van der Waals surface area (Å²) in [6.07, 6.45) is 5.14. The van der Waals surface area contributed by atoms with Crippen LogP contribution in [0.1, 0.15) is 32.1 Å². The minimum atomic E-state index is -0.0908. The molecule has 0 unspecified atom stereocenters. The van der Waals surface area contributed by atoms with Gasteiger partial charge < -0.3 is 4.42 Å². The van der Waals surface area contributed by atoms with E-state index >= 15 is 0 Å². The highest BCUT2D eigenvalue weighted by atomic mass is 32.1. The molecule has 3 aromatic rings. The van der Waals surface area contributed by atoms with Crippen LogP contribution in [0, 0.1) is 13.8 Å². The summed E-state index contributed by atoms with van der Waals surface area (Å²) in [5, 5.41) is 1.04. The largest absolute Gasteiger partial charge is 0.459 e. The fraction of sp³-hybridized carbons (Fsp3) is 0.263. The maximum atomic E-state index is 12.9. The van der Waals surface area contributed by atoms with Crippen molar-refractivity contribution in [2.45, 2.75) is 26.9 Å². The first-order valence-electron chi connectivity index (χ1n) is 8.19. The Morgan fingerprint density at radius 1 is 1.28 bits per heavy atom. The summed E-state index contributed by atoms with van der Waals surface area (Å²) >= 11 is 1.69. The van der Waals surface area contributed by atoms with Crippen molar-refractivity contribution in [3.63, 3.8) is 0 Å². The normalized spacial score (nSPS) is 14.6. The van der Waals surface area contributed by atoms with E-state index in [9.17, 15) is 4.79 Å². The van der Waals surface area contributed by atoms with Crippen LogP contribution in [0.2, 0.25) is 0 Å². The van der Waals surface area contributed by atoms with E-state index in [4.69, 9.17) is 4.42 Å². The lowest BCUT2D eigenvalue weighted by molar-refractivity contribution is 0.0930. The van der Waals surface area contributed by atoms with Gasteiger partial charge in [0.25, 0.3) is 5.91 Å². The van der Waals surface area contributed by atoms with Crippen molar-refractivity contribution in [2.24, 2.45) is 0 Å². The molecule has 0 aromatic carbocycles. The smallest absolute Gasteiger partial charge is 0.295 e. The van der Waals surface area contributed by atoms with Crippen LogP contribution >= 0.6 is 11.3 Å². The number of amides is 1. The second-order valence-electron chi connectivity index (χ2n) is 6.26. The van der Waals surface area contributed by atoms with Crippen LogP contribution in [0.5, 0.6) is 0 Å². The number of furan rings is 1. The molecule has 0 saturated carbocycles. The fourth-order valence-corrected chi connectivity index (χ4v) is 4.30. The van der Waals surface area contributed by atoms with Crippen molar-refractivity contribution in [3.05, 3.63) is 70.3 Å². The average molecular weight is 353 g/mol. The highest BCUT2D eigenvalue weighted by Crippen LogP contribution is 2.40. The van der Waals surface area contributed by atoms with Gasteiger partial charge in [-0.25, -0.2) is 0 Å². The number of pyridine rings is 1. The monoisotopic (exact) mass is 353 g/mol. The number of nitrogens with zero attached hydrogens (tertiary/aromatic N) is 3. The van der Waals surface area contributed by atoms with Gasteiger partial charge in [0.2, 0.25) is 0 Å². The second kappa shape index (κ2) is 6.46. The number of aryl methyl sites for hydroxylation is 1. The number of carbonyl (C=O) groups is 1. The summed E-state index contributed by atoms with van der Waals surface area (Å²) in [6, 6.07) is 7.49. The van der Waals surface area contributed by atoms with Crippen LogP contribution in [-0.4, -0.2) is 22.5 Å². The Bertz CT molecular complexity index is 887. The summed E-state index contributed by atoms with van der Waals surface area (Å²) in [4.78, 5) is 22.4. The molecule has 6 heteroatoms. The van der Waals surface area contributed by atoms with Crippen LogP contribution < -0.4 is 4.90 Å². The van der Waals surface area contributed by atoms with Gasteiger partial charge in [0.1, 0.15) is 5.00 Å². The molecule has 0 radical (unpaired) electrons. The Morgan fingerprint density at radius 2 is 2.08 bits per heavy atom. The van der Waals surface area contributed by atoms with Gasteiger partial charge in [0, 0.05) is 35.9 Å². The molecule has 1 amide bonds. The molecular weight excluding hydrogens is 334 g/mol. The third-order valence-corrected chi connectivity index (χ3v) is 5.86. The number of aromatic nitrogens is 1. The molecule has 128 valence electrons. The number of fused-ring (bicyclic) bond motifs is 1. The van der Waals surface area contributed by atoms with E-state index in [1.165, 1.54) is 27.8 Å². The number of thiophene rings is 1. The van der Waals surface area contributed by atoms with Crippen LogP contribution in [0.3, 0.4) is 0 Å². The third-order valence-electron chi connectivity index (χ3n) is 4.59. The summed E-state index contributed by atoms with van der Waals surface area (Å²) in [7, 11) is 0. The molecule has 0 bridgehead atoms. The third kappa shape index (κ3) is 2.99. The highest BCUT2D eigenvalue weighted by Gasteiger charge is 2.32. The van der Waals surface area contributed by atoms with E-state index in [-0.39, 0.29) is 5.91 Å². The van der Waals surface area contributed by atoms with Crippen molar-refractivity contribution in [3.8, 4) is 0 Å². The Kier molecular flexibility index (Phi) is 4.15. The van der Waals surface area contributed by atoms with E-state index in [0.29, 0.717) is 12.4 Å². The van der Waals surface area contributed by atoms with Crippen molar-refractivity contribution >= 4 is 22.2 Å². The van der Waals surface area contributed by atoms with Gasteiger partial charge in [-0.1, -0.05) is 0 Å². The predicted octanol–water partition coefficient (Wildman–Crippen LogP) is 3.97. The lowest BCUT2D eigenvalue weighted by Crippen LogP contribution is -2.44. The molecule has 5 nitrogen and oxygen atoms in total. The van der Waals surface area contributed by atoms with Crippen LogP contribution in [-0.2, 0) is 13.1 Å². The minimum Gasteiger partial charge on any atom is -0.459 e. The van der Waals surface area contributed by atoms with E-state index in [1.807, 2.05) is 17.0 Å². The van der Waals surface area contributed by atoms with Gasteiger partial charge in [-0.05, 0) is 49.2 Å². The lowest BCUT2D eigenvalue weighted by Gasteiger charge is -2.35. The summed E-state index contributed by atoms with van der Waals surface area (Å²) in [5.74, 6) is 0.285. The standard InChI is InChI=1S/C19H19N3O2S/c1-13-14(2)25-19-16(13)11-21(10-15-5-7-20-8-6-15)12-22(19)18(23)17-4-3-9-24-17/h3-9H,10-12H2,1-2H3. The van der Waals surface area contributed by atoms with Crippen molar-refractivity contribution in [2.75, 3.05) is 11.6 Å². The first-order chi connectivity index (χ1) is 12.1. The van der Waals surface area contributed by atoms with E-state index in [1.54, 1.807) is 35.9 Å². The van der Waals surface area contributed by atoms with Gasteiger partial charge in [-0.3, -0.25) is 19.6 Å². The van der Waals surface area contributed by atoms with Gasteiger partial charge >= 0.3 is 0 Å². The number of rotatable bonds is 3. The van der Waals surface area contributed by atoms with E-state index < -0.39 is 0 Å². The molecule has 1 aliphatic rings. The van der Waals surface area contributed by atoms with Crippen LogP contribution in [0.15, 0.2) is 47.3 Å². The van der Waals surface area contributed by atoms with E-state index in [2.05, 4.69) is 23.7 Å². The molecule has 0 N–H and O–H groups in total. The Balaban J connectivity index is 1.68. The predicted molar refractivity (Wildman–Crippen MR) is 97.7 cm³/mol. The molecule has 25 heavy (non-hydrogen) atoms. The summed E-state index contributed by atoms with van der Waals surface area (Å²) < 4.78 is 5.34. The number of hydrogen-bond donors (Lipinski definition) is 0. The van der Waals surface area contributed by atoms with Crippen molar-refractivity contribution in [1.82, 2.24) is 9.88 Å². The van der Waals surface area contributed by atoms with Gasteiger partial charge in [-0.15, -0.1) is 11.3 Å². The second-order valence-corrected chi connectivity index (χ2v) is 7.46. The highest BCUT2D eigenvalue weighted by molar-refractivity contribution is 7.16. The average Bonchev–Trinajstić information content (AvgIpc) is 3.25. The first kappa shape index (κ1) is 16.1. The minimum absolute atomic E-state index is 0.0908. The zero-order valence-corrected chi connectivity index (χ0v) is 15.0. The molecule has 0 spiro atoms. The fourth-order valence-electron chi connectivity index (χ4n) is 3.14. The maximum absolute atomic E-state index is 12.9. The molecule has 0 saturated heterocycles. The van der Waals surface area contributed by atoms with Gasteiger partial charge in [0.05, 0.1) is 12.9 Å². The summed E-state index contributed by atoms with van der Waals surface area (Å²) in [5.41, 5.74) is 3.70. The zero-order valence-electron chi connectivity index (χ0n) is 14.2. The molecule has 1 aliphatic heterocycles. The molecule has 4 heterocycles. The maximum Gasteiger partial charge on any atom is 0.295 e. The molecule has 0 atom stereocenters. The molecular formula is C19H19N3O2S. The topological polar surface area (TPSA) is 49.6 Å². The quantitative estimate of drug-likeness (QED) is 0.715. The first-order valence-corrected chi connectivity index (χ1v) is 9.00. The molecule has 0 aliphatic carbocycles. The number of carbonyl (C=O) groups excluding carboxylic acids is 1. The van der Waals surface area contributed by atoms with Gasteiger partial charge in [-0.2, -0.15) is 0 Å². The van der Waals surface area contributed by atoms with Crippen LogP contribution in [0.25, 0.3) is 0 Å². The number of anilines is 1. The molecule has 4 rings (SSSR count).